The number of ether oxygens (including phenoxy) is 1. The van der Waals surface area contributed by atoms with Crippen LogP contribution in [0.15, 0.2) is 61.2 Å². The Kier molecular flexibility index (Phi) is 7.97. The molecule has 0 bridgehead atoms. The molecule has 0 unspecified atom stereocenters. The lowest BCUT2D eigenvalue weighted by Gasteiger charge is -2.27. The minimum absolute atomic E-state index is 0. The lowest BCUT2D eigenvalue weighted by molar-refractivity contribution is 0.0209. The third kappa shape index (κ3) is 5.39. The molecule has 3 N–H and O–H groups in total. The molecule has 0 saturated carbocycles. The Bertz CT molecular complexity index is 1350. The Hall–Kier alpha value is -3.76. The summed E-state index contributed by atoms with van der Waals surface area (Å²) >= 11 is 0. The lowest BCUT2D eigenvalue weighted by atomic mass is 9.96. The van der Waals surface area contributed by atoms with Crippen LogP contribution in [0.4, 0.5) is 11.6 Å². The lowest BCUT2D eigenvalue weighted by Crippen LogP contribution is -2.40. The zero-order valence-electron chi connectivity index (χ0n) is 20.2. The number of para-hydroxylation sites is 1. The molecule has 0 radical (unpaired) electrons. The van der Waals surface area contributed by atoms with Crippen molar-refractivity contribution >= 4 is 41.9 Å². The van der Waals surface area contributed by atoms with Gasteiger partial charge in [0, 0.05) is 48.9 Å². The van der Waals surface area contributed by atoms with E-state index in [9.17, 15) is 4.79 Å². The SMILES string of the molecule is CNC(=O)c1ccnc2c([C@H](C)CNc3cc(-c4ccc(NC5COC5)nc4)ncn3)cccc12.S. The van der Waals surface area contributed by atoms with Crippen molar-refractivity contribution in [2.75, 3.05) is 37.4 Å². The molecule has 3 aromatic heterocycles. The number of amides is 1. The van der Waals surface area contributed by atoms with Crippen molar-refractivity contribution in [1.29, 1.82) is 0 Å². The van der Waals surface area contributed by atoms with Gasteiger partial charge in [0.25, 0.3) is 5.91 Å². The number of carbonyl (C=O) groups is 1. The van der Waals surface area contributed by atoms with Gasteiger partial charge in [-0.2, -0.15) is 13.5 Å². The van der Waals surface area contributed by atoms with Crippen LogP contribution < -0.4 is 16.0 Å². The summed E-state index contributed by atoms with van der Waals surface area (Å²) in [5.41, 5.74) is 4.23. The largest absolute Gasteiger partial charge is 0.377 e. The molecule has 1 amide bonds. The predicted molar refractivity (Wildman–Crippen MR) is 146 cm³/mol. The molecule has 36 heavy (non-hydrogen) atoms. The van der Waals surface area contributed by atoms with Gasteiger partial charge in [0.1, 0.15) is 18.0 Å². The Morgan fingerprint density at radius 2 is 1.94 bits per heavy atom. The molecule has 1 aliphatic rings. The highest BCUT2D eigenvalue weighted by Gasteiger charge is 2.18. The van der Waals surface area contributed by atoms with Crippen LogP contribution in [0, 0.1) is 0 Å². The third-order valence-corrected chi connectivity index (χ3v) is 6.11. The molecule has 186 valence electrons. The van der Waals surface area contributed by atoms with E-state index in [0.717, 1.165) is 39.4 Å². The maximum Gasteiger partial charge on any atom is 0.251 e. The van der Waals surface area contributed by atoms with Crippen molar-refractivity contribution in [3.63, 3.8) is 0 Å². The zero-order chi connectivity index (χ0) is 24.2. The van der Waals surface area contributed by atoms with Gasteiger partial charge < -0.3 is 20.7 Å². The molecule has 0 aliphatic carbocycles. The highest BCUT2D eigenvalue weighted by atomic mass is 32.1. The summed E-state index contributed by atoms with van der Waals surface area (Å²) in [6, 6.07) is 13.9. The monoisotopic (exact) mass is 503 g/mol. The first-order valence-corrected chi connectivity index (χ1v) is 11.6. The van der Waals surface area contributed by atoms with Crippen LogP contribution in [-0.4, -0.2) is 58.7 Å². The van der Waals surface area contributed by atoms with E-state index in [0.29, 0.717) is 31.4 Å². The number of fused-ring (bicyclic) bond motifs is 1. The van der Waals surface area contributed by atoms with E-state index >= 15 is 0 Å². The number of rotatable bonds is 8. The fraction of sp³-hybridized carbons (Fsp3) is 0.269. The molecule has 4 heterocycles. The Morgan fingerprint density at radius 1 is 1.08 bits per heavy atom. The molecule has 1 aliphatic heterocycles. The van der Waals surface area contributed by atoms with Gasteiger partial charge in [0.15, 0.2) is 0 Å². The van der Waals surface area contributed by atoms with Crippen molar-refractivity contribution in [3.05, 3.63) is 72.3 Å². The smallest absolute Gasteiger partial charge is 0.251 e. The molecule has 1 aromatic carbocycles. The number of nitrogens with one attached hydrogen (secondary N) is 3. The number of nitrogens with zero attached hydrogens (tertiary/aromatic N) is 4. The summed E-state index contributed by atoms with van der Waals surface area (Å²) in [4.78, 5) is 30.1. The minimum atomic E-state index is -0.121. The van der Waals surface area contributed by atoms with E-state index < -0.39 is 0 Å². The molecular weight excluding hydrogens is 474 g/mol. The van der Waals surface area contributed by atoms with Gasteiger partial charge in [-0.05, 0) is 23.8 Å². The third-order valence-electron chi connectivity index (χ3n) is 6.11. The Morgan fingerprint density at radius 3 is 2.67 bits per heavy atom. The minimum Gasteiger partial charge on any atom is -0.377 e. The second-order valence-electron chi connectivity index (χ2n) is 8.56. The quantitative estimate of drug-likeness (QED) is 0.334. The summed E-state index contributed by atoms with van der Waals surface area (Å²) < 4.78 is 5.19. The fourth-order valence-electron chi connectivity index (χ4n) is 4.07. The van der Waals surface area contributed by atoms with Gasteiger partial charge in [-0.25, -0.2) is 15.0 Å². The van der Waals surface area contributed by atoms with Crippen molar-refractivity contribution in [2.45, 2.75) is 18.9 Å². The highest BCUT2D eigenvalue weighted by molar-refractivity contribution is 7.59. The Labute approximate surface area is 216 Å². The topological polar surface area (TPSA) is 114 Å². The van der Waals surface area contributed by atoms with Crippen LogP contribution >= 0.6 is 13.5 Å². The average Bonchev–Trinajstić information content (AvgIpc) is 2.88. The van der Waals surface area contributed by atoms with Crippen LogP contribution in [0.3, 0.4) is 0 Å². The van der Waals surface area contributed by atoms with Crippen molar-refractivity contribution in [2.24, 2.45) is 0 Å². The van der Waals surface area contributed by atoms with E-state index in [2.05, 4.69) is 48.9 Å². The maximum absolute atomic E-state index is 12.3. The molecule has 9 nitrogen and oxygen atoms in total. The second-order valence-corrected chi connectivity index (χ2v) is 8.56. The first-order chi connectivity index (χ1) is 17.1. The van der Waals surface area contributed by atoms with Gasteiger partial charge in [0.05, 0.1) is 36.0 Å². The first kappa shape index (κ1) is 25.3. The molecule has 1 fully saturated rings. The van der Waals surface area contributed by atoms with Crippen LogP contribution in [0.5, 0.6) is 0 Å². The van der Waals surface area contributed by atoms with Crippen molar-refractivity contribution in [3.8, 4) is 11.3 Å². The van der Waals surface area contributed by atoms with Gasteiger partial charge >= 0.3 is 0 Å². The number of hydrogen-bond donors (Lipinski definition) is 3. The number of anilines is 2. The van der Waals surface area contributed by atoms with Crippen molar-refractivity contribution < 1.29 is 9.53 Å². The molecule has 1 saturated heterocycles. The number of pyridine rings is 2. The fourth-order valence-corrected chi connectivity index (χ4v) is 4.07. The molecule has 1 atom stereocenters. The van der Waals surface area contributed by atoms with E-state index in [-0.39, 0.29) is 25.3 Å². The molecule has 4 aromatic rings. The van der Waals surface area contributed by atoms with Crippen LogP contribution in [0.1, 0.15) is 28.8 Å². The normalized spacial score (nSPS) is 13.8. The van der Waals surface area contributed by atoms with Crippen LogP contribution in [-0.2, 0) is 4.74 Å². The van der Waals surface area contributed by atoms with Gasteiger partial charge in [-0.3, -0.25) is 9.78 Å². The number of carbonyl (C=O) groups excluding carboxylic acids is 1. The average molecular weight is 504 g/mol. The summed E-state index contributed by atoms with van der Waals surface area (Å²) in [5.74, 6) is 1.57. The van der Waals surface area contributed by atoms with Crippen molar-refractivity contribution in [1.82, 2.24) is 25.3 Å². The number of aromatic nitrogens is 4. The van der Waals surface area contributed by atoms with E-state index in [4.69, 9.17) is 4.74 Å². The number of benzene rings is 1. The highest BCUT2D eigenvalue weighted by Crippen LogP contribution is 2.27. The van der Waals surface area contributed by atoms with Gasteiger partial charge in [-0.15, -0.1) is 0 Å². The van der Waals surface area contributed by atoms with Gasteiger partial charge in [-0.1, -0.05) is 25.1 Å². The second kappa shape index (κ2) is 11.3. The van der Waals surface area contributed by atoms with Crippen LogP contribution in [0.25, 0.3) is 22.2 Å². The summed E-state index contributed by atoms with van der Waals surface area (Å²) in [7, 11) is 1.63. The number of hydrogen-bond acceptors (Lipinski definition) is 8. The molecule has 10 heteroatoms. The molecule has 0 spiro atoms. The van der Waals surface area contributed by atoms with Gasteiger partial charge in [0.2, 0.25) is 0 Å². The van der Waals surface area contributed by atoms with E-state index in [1.165, 1.54) is 0 Å². The summed E-state index contributed by atoms with van der Waals surface area (Å²) in [5, 5.41) is 10.3. The summed E-state index contributed by atoms with van der Waals surface area (Å²) in [6.07, 6.45) is 5.04. The Balaban J connectivity index is 0.00000304. The first-order valence-electron chi connectivity index (χ1n) is 11.6. The predicted octanol–water partition coefficient (Wildman–Crippen LogP) is 3.59. The standard InChI is InChI=1S/C26H27N7O2.H2S/c1-16(19-4-3-5-20-21(26(34)27-2)8-9-28-25(19)20)11-29-24-10-22(31-15-32-24)17-6-7-23(30-12-17)33-18-13-35-14-18;/h3-10,12,15-16,18H,11,13-14H2,1-2H3,(H,27,34)(H,30,33)(H,29,31,32);1H2/t16-;/m1./s1. The zero-order valence-corrected chi connectivity index (χ0v) is 21.2. The molecule has 5 rings (SSSR count). The summed E-state index contributed by atoms with van der Waals surface area (Å²) in [6.45, 7) is 4.20. The van der Waals surface area contributed by atoms with E-state index in [1.807, 2.05) is 36.5 Å². The molecular formula is C26H29N7O2S. The van der Waals surface area contributed by atoms with Crippen LogP contribution in [0.2, 0.25) is 0 Å². The van der Waals surface area contributed by atoms with E-state index in [1.54, 1.807) is 25.6 Å². The maximum atomic E-state index is 12.3.